The first kappa shape index (κ1) is 9.27. The third kappa shape index (κ3) is 1.32. The molecule has 1 aromatic carbocycles. The van der Waals surface area contributed by atoms with Crippen molar-refractivity contribution in [1.82, 2.24) is 4.98 Å². The number of fused-ring (bicyclic) bond motifs is 1. The van der Waals surface area contributed by atoms with Gasteiger partial charge in [-0.1, -0.05) is 12.1 Å². The Kier molecular flexibility index (Phi) is 2.29. The Morgan fingerprint density at radius 3 is 2.93 bits per heavy atom. The molecule has 0 saturated carbocycles. The SMILES string of the molecule is COc1cccc2c(Br)c(N)cnc12. The van der Waals surface area contributed by atoms with E-state index < -0.39 is 0 Å². The second-order valence-electron chi connectivity index (χ2n) is 2.88. The summed E-state index contributed by atoms with van der Waals surface area (Å²) in [5, 5.41) is 0.962. The lowest BCUT2D eigenvalue weighted by atomic mass is 10.2. The summed E-state index contributed by atoms with van der Waals surface area (Å²) >= 11 is 3.42. The normalized spacial score (nSPS) is 10.4. The maximum Gasteiger partial charge on any atom is 0.145 e. The lowest BCUT2D eigenvalue weighted by Gasteiger charge is -2.06. The number of methoxy groups -OCH3 is 1. The van der Waals surface area contributed by atoms with Gasteiger partial charge in [0.2, 0.25) is 0 Å². The van der Waals surface area contributed by atoms with Gasteiger partial charge < -0.3 is 10.5 Å². The van der Waals surface area contributed by atoms with Gasteiger partial charge >= 0.3 is 0 Å². The summed E-state index contributed by atoms with van der Waals surface area (Å²) in [7, 11) is 1.63. The molecule has 2 aromatic rings. The molecule has 2 rings (SSSR count). The van der Waals surface area contributed by atoms with Crippen LogP contribution >= 0.6 is 15.9 Å². The van der Waals surface area contributed by atoms with Crippen molar-refractivity contribution < 1.29 is 4.74 Å². The van der Waals surface area contributed by atoms with E-state index in [2.05, 4.69) is 20.9 Å². The van der Waals surface area contributed by atoms with Gasteiger partial charge in [-0.2, -0.15) is 0 Å². The van der Waals surface area contributed by atoms with Crippen LogP contribution in [0.15, 0.2) is 28.9 Å². The van der Waals surface area contributed by atoms with Crippen LogP contribution in [-0.4, -0.2) is 12.1 Å². The highest BCUT2D eigenvalue weighted by Crippen LogP contribution is 2.32. The fourth-order valence-corrected chi connectivity index (χ4v) is 1.77. The Bertz CT molecular complexity index is 485. The highest BCUT2D eigenvalue weighted by atomic mass is 79.9. The van der Waals surface area contributed by atoms with E-state index in [0.717, 1.165) is 21.1 Å². The van der Waals surface area contributed by atoms with Gasteiger partial charge in [0.05, 0.1) is 23.5 Å². The van der Waals surface area contributed by atoms with Crippen molar-refractivity contribution >= 4 is 32.5 Å². The Morgan fingerprint density at radius 1 is 1.43 bits per heavy atom. The quantitative estimate of drug-likeness (QED) is 0.849. The summed E-state index contributed by atoms with van der Waals surface area (Å²) in [4.78, 5) is 4.23. The van der Waals surface area contributed by atoms with Gasteiger partial charge in [0.15, 0.2) is 0 Å². The zero-order valence-electron chi connectivity index (χ0n) is 7.62. The molecule has 0 radical (unpaired) electrons. The molecule has 72 valence electrons. The fraction of sp³-hybridized carbons (Fsp3) is 0.100. The van der Waals surface area contributed by atoms with Crippen molar-refractivity contribution in [2.45, 2.75) is 0 Å². The number of nitrogen functional groups attached to an aromatic ring is 1. The van der Waals surface area contributed by atoms with Crippen molar-refractivity contribution in [3.05, 3.63) is 28.9 Å². The smallest absolute Gasteiger partial charge is 0.145 e. The molecule has 0 aliphatic carbocycles. The van der Waals surface area contributed by atoms with E-state index in [9.17, 15) is 0 Å². The molecule has 1 aromatic heterocycles. The lowest BCUT2D eigenvalue weighted by molar-refractivity contribution is 0.419. The first-order valence-electron chi connectivity index (χ1n) is 4.10. The molecule has 0 unspecified atom stereocenters. The summed E-state index contributed by atoms with van der Waals surface area (Å²) in [5.74, 6) is 0.753. The van der Waals surface area contributed by atoms with Crippen LogP contribution in [0.5, 0.6) is 5.75 Å². The van der Waals surface area contributed by atoms with E-state index in [1.807, 2.05) is 18.2 Å². The van der Waals surface area contributed by atoms with Crippen molar-refractivity contribution in [3.8, 4) is 5.75 Å². The van der Waals surface area contributed by atoms with Crippen LogP contribution in [0.3, 0.4) is 0 Å². The largest absolute Gasteiger partial charge is 0.494 e. The van der Waals surface area contributed by atoms with Crippen LogP contribution in [0.4, 0.5) is 5.69 Å². The topological polar surface area (TPSA) is 48.1 Å². The number of rotatable bonds is 1. The van der Waals surface area contributed by atoms with E-state index in [0.29, 0.717) is 5.69 Å². The standard InChI is InChI=1S/C10H9BrN2O/c1-14-8-4-2-3-6-9(11)7(12)5-13-10(6)8/h2-5H,12H2,1H3. The first-order chi connectivity index (χ1) is 6.74. The molecular formula is C10H9BrN2O. The third-order valence-electron chi connectivity index (χ3n) is 2.04. The maximum absolute atomic E-state index is 5.73. The molecule has 2 N–H and O–H groups in total. The molecule has 0 aliphatic heterocycles. The van der Waals surface area contributed by atoms with Gasteiger partial charge in [-0.05, 0) is 22.0 Å². The average molecular weight is 253 g/mol. The molecule has 0 amide bonds. The number of ether oxygens (including phenoxy) is 1. The summed E-state index contributed by atoms with van der Waals surface area (Å²) in [5.41, 5.74) is 7.17. The zero-order chi connectivity index (χ0) is 10.1. The number of benzene rings is 1. The Balaban J connectivity index is 2.86. The van der Waals surface area contributed by atoms with Crippen LogP contribution in [-0.2, 0) is 0 Å². The minimum atomic E-state index is 0.630. The van der Waals surface area contributed by atoms with E-state index >= 15 is 0 Å². The Morgan fingerprint density at radius 2 is 2.21 bits per heavy atom. The summed E-state index contributed by atoms with van der Waals surface area (Å²) in [6, 6.07) is 5.73. The number of nitrogens with zero attached hydrogens (tertiary/aromatic N) is 1. The molecule has 0 spiro atoms. The van der Waals surface area contributed by atoms with E-state index in [1.54, 1.807) is 13.3 Å². The summed E-state index contributed by atoms with van der Waals surface area (Å²) in [6.07, 6.45) is 1.62. The fourth-order valence-electron chi connectivity index (χ4n) is 1.34. The molecule has 14 heavy (non-hydrogen) atoms. The predicted molar refractivity (Wildman–Crippen MR) is 60.4 cm³/mol. The molecule has 0 fully saturated rings. The van der Waals surface area contributed by atoms with Gasteiger partial charge in [0.25, 0.3) is 0 Å². The first-order valence-corrected chi connectivity index (χ1v) is 4.90. The second-order valence-corrected chi connectivity index (χ2v) is 3.68. The Labute approximate surface area is 90.0 Å². The van der Waals surface area contributed by atoms with Crippen molar-refractivity contribution in [2.24, 2.45) is 0 Å². The number of pyridine rings is 1. The molecule has 0 bridgehead atoms. The van der Waals surface area contributed by atoms with Crippen molar-refractivity contribution in [2.75, 3.05) is 12.8 Å². The van der Waals surface area contributed by atoms with Crippen LogP contribution in [0.25, 0.3) is 10.9 Å². The van der Waals surface area contributed by atoms with Crippen molar-refractivity contribution in [1.29, 1.82) is 0 Å². The molecule has 3 nitrogen and oxygen atoms in total. The predicted octanol–water partition coefficient (Wildman–Crippen LogP) is 2.59. The minimum Gasteiger partial charge on any atom is -0.494 e. The second kappa shape index (κ2) is 3.46. The molecular weight excluding hydrogens is 244 g/mol. The van der Waals surface area contributed by atoms with E-state index in [-0.39, 0.29) is 0 Å². The number of para-hydroxylation sites is 1. The number of aromatic nitrogens is 1. The van der Waals surface area contributed by atoms with Crippen LogP contribution in [0.2, 0.25) is 0 Å². The number of hydrogen-bond donors (Lipinski definition) is 1. The van der Waals surface area contributed by atoms with E-state index in [4.69, 9.17) is 10.5 Å². The highest BCUT2D eigenvalue weighted by molar-refractivity contribution is 9.10. The zero-order valence-corrected chi connectivity index (χ0v) is 9.21. The highest BCUT2D eigenvalue weighted by Gasteiger charge is 2.07. The molecule has 0 aliphatic rings. The van der Waals surface area contributed by atoms with Crippen LogP contribution < -0.4 is 10.5 Å². The molecule has 1 heterocycles. The van der Waals surface area contributed by atoms with Crippen LogP contribution in [0.1, 0.15) is 0 Å². The van der Waals surface area contributed by atoms with E-state index in [1.165, 1.54) is 0 Å². The van der Waals surface area contributed by atoms with Gasteiger partial charge in [-0.15, -0.1) is 0 Å². The minimum absolute atomic E-state index is 0.630. The maximum atomic E-state index is 5.73. The summed E-state index contributed by atoms with van der Waals surface area (Å²) in [6.45, 7) is 0. The average Bonchev–Trinajstić information content (AvgIpc) is 2.23. The molecule has 0 atom stereocenters. The van der Waals surface area contributed by atoms with Gasteiger partial charge in [-0.3, -0.25) is 4.98 Å². The van der Waals surface area contributed by atoms with Crippen molar-refractivity contribution in [3.63, 3.8) is 0 Å². The molecule has 4 heteroatoms. The summed E-state index contributed by atoms with van der Waals surface area (Å²) < 4.78 is 6.06. The van der Waals surface area contributed by atoms with Crippen LogP contribution in [0, 0.1) is 0 Å². The molecule has 0 saturated heterocycles. The van der Waals surface area contributed by atoms with Gasteiger partial charge in [0.1, 0.15) is 11.3 Å². The Hall–Kier alpha value is -1.29. The van der Waals surface area contributed by atoms with Gasteiger partial charge in [0, 0.05) is 5.39 Å². The van der Waals surface area contributed by atoms with Gasteiger partial charge in [-0.25, -0.2) is 0 Å². The number of hydrogen-bond acceptors (Lipinski definition) is 3. The number of nitrogens with two attached hydrogens (primary N) is 1. The number of halogens is 1. The lowest BCUT2D eigenvalue weighted by Crippen LogP contribution is -1.92. The number of anilines is 1. The monoisotopic (exact) mass is 252 g/mol. The third-order valence-corrected chi connectivity index (χ3v) is 2.93.